The summed E-state index contributed by atoms with van der Waals surface area (Å²) in [6.07, 6.45) is 0. The highest BCUT2D eigenvalue weighted by Gasteiger charge is 2.17. The van der Waals surface area contributed by atoms with E-state index in [0.717, 1.165) is 4.47 Å². The first-order chi connectivity index (χ1) is 8.90. The van der Waals surface area contributed by atoms with Crippen molar-refractivity contribution >= 4 is 43.1 Å². The minimum atomic E-state index is -3.45. The van der Waals surface area contributed by atoms with E-state index in [2.05, 4.69) is 15.9 Å². The highest BCUT2D eigenvalue weighted by molar-refractivity contribution is 9.10. The fourth-order valence-corrected chi connectivity index (χ4v) is 3.86. The number of hydrogen-bond acceptors (Lipinski definition) is 3. The first-order valence-corrected chi connectivity index (χ1v) is 8.23. The first kappa shape index (κ1) is 14.4. The molecule has 0 saturated carbocycles. The zero-order valence-corrected chi connectivity index (χ0v) is 13.0. The molecule has 19 heavy (non-hydrogen) atoms. The maximum atomic E-state index is 12.3. The summed E-state index contributed by atoms with van der Waals surface area (Å²) in [6.45, 7) is 0. The molecule has 3 nitrogen and oxygen atoms in total. The Morgan fingerprint density at radius 2 is 1.84 bits per heavy atom. The molecule has 2 N–H and O–H groups in total. The van der Waals surface area contributed by atoms with Gasteiger partial charge in [-0.25, -0.2) is 8.42 Å². The van der Waals surface area contributed by atoms with E-state index in [1.54, 1.807) is 18.2 Å². The molecule has 0 atom stereocenters. The highest BCUT2D eigenvalue weighted by atomic mass is 79.9. The van der Waals surface area contributed by atoms with Gasteiger partial charge in [0.05, 0.1) is 21.4 Å². The molecule has 2 aromatic carbocycles. The van der Waals surface area contributed by atoms with Crippen molar-refractivity contribution in [2.45, 2.75) is 10.6 Å². The van der Waals surface area contributed by atoms with Gasteiger partial charge in [-0.1, -0.05) is 45.7 Å². The topological polar surface area (TPSA) is 60.2 Å². The van der Waals surface area contributed by atoms with E-state index in [0.29, 0.717) is 11.3 Å². The van der Waals surface area contributed by atoms with Crippen LogP contribution in [0, 0.1) is 0 Å². The molecule has 0 heterocycles. The predicted molar refractivity (Wildman–Crippen MR) is 80.9 cm³/mol. The monoisotopic (exact) mass is 359 g/mol. The molecule has 0 amide bonds. The van der Waals surface area contributed by atoms with Crippen LogP contribution < -0.4 is 5.73 Å². The third kappa shape index (κ3) is 3.29. The van der Waals surface area contributed by atoms with Crippen LogP contribution in [0.5, 0.6) is 0 Å². The molecule has 0 aliphatic rings. The number of sulfone groups is 1. The lowest BCUT2D eigenvalue weighted by atomic mass is 10.2. The van der Waals surface area contributed by atoms with Gasteiger partial charge < -0.3 is 5.73 Å². The lowest BCUT2D eigenvalue weighted by Gasteiger charge is -2.07. The largest absolute Gasteiger partial charge is 0.398 e. The molecule has 0 radical (unpaired) electrons. The molecule has 0 fully saturated rings. The van der Waals surface area contributed by atoms with Crippen molar-refractivity contribution in [1.82, 2.24) is 0 Å². The fourth-order valence-electron chi connectivity index (χ4n) is 1.60. The summed E-state index contributed by atoms with van der Waals surface area (Å²) in [5.74, 6) is -0.0886. The van der Waals surface area contributed by atoms with Gasteiger partial charge in [-0.05, 0) is 29.8 Å². The van der Waals surface area contributed by atoms with Gasteiger partial charge in [0.1, 0.15) is 0 Å². The first-order valence-electron chi connectivity index (χ1n) is 5.41. The number of rotatable bonds is 3. The quantitative estimate of drug-likeness (QED) is 0.850. The molecule has 0 saturated heterocycles. The fraction of sp³-hybridized carbons (Fsp3) is 0.0769. The molecule has 0 unspecified atom stereocenters. The van der Waals surface area contributed by atoms with Gasteiger partial charge in [0.15, 0.2) is 9.84 Å². The lowest BCUT2D eigenvalue weighted by Crippen LogP contribution is -2.06. The van der Waals surface area contributed by atoms with Crippen molar-refractivity contribution in [3.8, 4) is 0 Å². The van der Waals surface area contributed by atoms with E-state index in [4.69, 9.17) is 17.3 Å². The van der Waals surface area contributed by atoms with Crippen LogP contribution in [0.15, 0.2) is 51.8 Å². The number of halogens is 2. The molecular weight excluding hydrogens is 350 g/mol. The van der Waals surface area contributed by atoms with Crippen LogP contribution in [0.25, 0.3) is 0 Å². The molecule has 0 aliphatic heterocycles. The second-order valence-corrected chi connectivity index (χ2v) is 7.28. The summed E-state index contributed by atoms with van der Waals surface area (Å²) in [5, 5.41) is 0.244. The van der Waals surface area contributed by atoms with Gasteiger partial charge in [-0.15, -0.1) is 0 Å². The maximum Gasteiger partial charge on any atom is 0.182 e. The number of nitrogen functional groups attached to an aromatic ring is 1. The molecule has 0 bridgehead atoms. The number of hydrogen-bond donors (Lipinski definition) is 1. The van der Waals surface area contributed by atoms with Crippen LogP contribution in [0.1, 0.15) is 5.56 Å². The zero-order valence-electron chi connectivity index (χ0n) is 9.81. The van der Waals surface area contributed by atoms with E-state index in [1.165, 1.54) is 18.2 Å². The Kier molecular flexibility index (Phi) is 4.18. The van der Waals surface area contributed by atoms with Crippen molar-refractivity contribution < 1.29 is 8.42 Å². The van der Waals surface area contributed by atoms with Gasteiger partial charge in [0.2, 0.25) is 0 Å². The van der Waals surface area contributed by atoms with Crippen molar-refractivity contribution in [1.29, 1.82) is 0 Å². The second-order valence-electron chi connectivity index (χ2n) is 4.03. The van der Waals surface area contributed by atoms with Gasteiger partial charge >= 0.3 is 0 Å². The highest BCUT2D eigenvalue weighted by Crippen LogP contribution is 2.26. The molecule has 0 aliphatic carbocycles. The molecule has 0 spiro atoms. The third-order valence-electron chi connectivity index (χ3n) is 2.63. The molecule has 6 heteroatoms. The Morgan fingerprint density at radius 1 is 1.16 bits per heavy atom. The summed E-state index contributed by atoms with van der Waals surface area (Å²) in [7, 11) is -3.45. The Balaban J connectivity index is 2.38. The van der Waals surface area contributed by atoms with Crippen LogP contribution in [-0.4, -0.2) is 8.42 Å². The normalized spacial score (nSPS) is 11.5. The van der Waals surface area contributed by atoms with Crippen molar-refractivity contribution in [3.05, 3.63) is 57.5 Å². The van der Waals surface area contributed by atoms with E-state index in [9.17, 15) is 8.42 Å². The van der Waals surface area contributed by atoms with Crippen LogP contribution >= 0.6 is 27.5 Å². The number of nitrogens with two attached hydrogens (primary N) is 1. The van der Waals surface area contributed by atoms with E-state index >= 15 is 0 Å². The Morgan fingerprint density at radius 3 is 2.47 bits per heavy atom. The van der Waals surface area contributed by atoms with Crippen LogP contribution in [0.2, 0.25) is 5.02 Å². The Bertz CT molecular complexity index is 716. The average Bonchev–Trinajstić information content (AvgIpc) is 2.35. The minimum absolute atomic E-state index is 0.0886. The zero-order chi connectivity index (χ0) is 14.0. The van der Waals surface area contributed by atoms with E-state index < -0.39 is 9.84 Å². The standard InChI is InChI=1S/C13H11BrClNO2S/c14-11-4-2-1-3-9(11)8-19(17,18)10-5-6-13(16)12(15)7-10/h1-7H,8,16H2. The third-order valence-corrected chi connectivity index (χ3v) is 5.40. The average molecular weight is 361 g/mol. The van der Waals surface area contributed by atoms with Crippen LogP contribution in [0.3, 0.4) is 0 Å². The number of anilines is 1. The predicted octanol–water partition coefficient (Wildman–Crippen LogP) is 3.66. The smallest absolute Gasteiger partial charge is 0.182 e. The Labute approximate surface area is 125 Å². The van der Waals surface area contributed by atoms with Crippen LogP contribution in [0.4, 0.5) is 5.69 Å². The maximum absolute atomic E-state index is 12.3. The Hall–Kier alpha value is -1.04. The lowest BCUT2D eigenvalue weighted by molar-refractivity contribution is 0.595. The molecule has 2 aromatic rings. The van der Waals surface area contributed by atoms with Crippen molar-refractivity contribution in [2.24, 2.45) is 0 Å². The van der Waals surface area contributed by atoms with E-state index in [-0.39, 0.29) is 15.7 Å². The summed E-state index contributed by atoms with van der Waals surface area (Å²) in [4.78, 5) is 0.169. The van der Waals surface area contributed by atoms with Gasteiger partial charge in [0.25, 0.3) is 0 Å². The van der Waals surface area contributed by atoms with E-state index in [1.807, 2.05) is 6.07 Å². The number of benzene rings is 2. The summed E-state index contributed by atoms with van der Waals surface area (Å²) in [5.41, 5.74) is 6.64. The van der Waals surface area contributed by atoms with Gasteiger partial charge in [-0.3, -0.25) is 0 Å². The molecule has 100 valence electrons. The van der Waals surface area contributed by atoms with Gasteiger partial charge in [0, 0.05) is 4.47 Å². The second kappa shape index (κ2) is 5.53. The summed E-state index contributed by atoms with van der Waals surface area (Å²) in [6, 6.07) is 11.5. The van der Waals surface area contributed by atoms with Crippen LogP contribution in [-0.2, 0) is 15.6 Å². The minimum Gasteiger partial charge on any atom is -0.398 e. The molecular formula is C13H11BrClNO2S. The molecule has 0 aromatic heterocycles. The molecule has 2 rings (SSSR count). The SMILES string of the molecule is Nc1ccc(S(=O)(=O)Cc2ccccc2Br)cc1Cl. The summed E-state index contributed by atoms with van der Waals surface area (Å²) >= 11 is 9.19. The van der Waals surface area contributed by atoms with Crippen molar-refractivity contribution in [2.75, 3.05) is 5.73 Å². The summed E-state index contributed by atoms with van der Waals surface area (Å²) < 4.78 is 25.4. The van der Waals surface area contributed by atoms with Gasteiger partial charge in [-0.2, -0.15) is 0 Å². The van der Waals surface area contributed by atoms with Crippen molar-refractivity contribution in [3.63, 3.8) is 0 Å².